The Hall–Kier alpha value is -1.00. The minimum atomic E-state index is 0. The van der Waals surface area contributed by atoms with Crippen molar-refractivity contribution >= 4 is 24.9 Å². The van der Waals surface area contributed by atoms with Crippen molar-refractivity contribution in [3.05, 3.63) is 67.8 Å². The van der Waals surface area contributed by atoms with E-state index < -0.39 is 0 Å². The van der Waals surface area contributed by atoms with Gasteiger partial charge in [-0.3, -0.25) is 0 Å². The van der Waals surface area contributed by atoms with Gasteiger partial charge in [0.05, 0.1) is 0 Å². The Morgan fingerprint density at radius 1 is 0.857 bits per heavy atom. The third kappa shape index (κ3) is 11.0. The summed E-state index contributed by atoms with van der Waals surface area (Å²) in [6.45, 7) is 10.4. The molecule has 0 bridgehead atoms. The van der Waals surface area contributed by atoms with E-state index in [1.54, 1.807) is 12.2 Å². The first-order valence-corrected chi connectivity index (χ1v) is 3.76. The second kappa shape index (κ2) is 14.5. The van der Waals surface area contributed by atoms with Crippen LogP contribution in [0.15, 0.2) is 62.2 Å². The molecule has 0 heterocycles. The van der Waals surface area contributed by atoms with E-state index >= 15 is 0 Å². The van der Waals surface area contributed by atoms with E-state index in [0.29, 0.717) is 0 Å². The summed E-state index contributed by atoms with van der Waals surface area (Å²) in [6, 6.07) is 10.0. The molecule has 1 nitrogen and oxygen atoms in total. The van der Waals surface area contributed by atoms with Gasteiger partial charge in [-0.25, -0.2) is 0 Å². The standard InChI is InChI=1S/C8H8.C4H6.Li.H3N.H/c1-2-8-6-4-3-5-7-8;1-3-4-2;;;/h2-7H,1H2;3-4H,1-2H2;;1H3;. The summed E-state index contributed by atoms with van der Waals surface area (Å²) in [5.41, 5.74) is 1.17. The molecule has 0 radical (unpaired) electrons. The third-order valence-corrected chi connectivity index (χ3v) is 1.20. The Labute approximate surface area is 99.0 Å². The molecule has 0 saturated carbocycles. The maximum atomic E-state index is 3.63. The summed E-state index contributed by atoms with van der Waals surface area (Å²) >= 11 is 0. The van der Waals surface area contributed by atoms with Gasteiger partial charge in [-0.05, 0) is 5.56 Å². The topological polar surface area (TPSA) is 35.0 Å². The van der Waals surface area contributed by atoms with Crippen molar-refractivity contribution in [2.24, 2.45) is 0 Å². The van der Waals surface area contributed by atoms with Gasteiger partial charge >= 0.3 is 18.9 Å². The zero-order chi connectivity index (χ0) is 9.23. The van der Waals surface area contributed by atoms with Gasteiger partial charge in [-0.2, -0.15) is 0 Å². The molecule has 0 fully saturated rings. The van der Waals surface area contributed by atoms with Crippen molar-refractivity contribution in [1.29, 1.82) is 0 Å². The van der Waals surface area contributed by atoms with E-state index in [-0.39, 0.29) is 25.0 Å². The SMILES string of the molecule is C=CC=C.C=Cc1ccccc1.N.[LiH]. The minimum absolute atomic E-state index is 0. The summed E-state index contributed by atoms with van der Waals surface area (Å²) in [5, 5.41) is 0. The van der Waals surface area contributed by atoms with Crippen molar-refractivity contribution < 1.29 is 0 Å². The van der Waals surface area contributed by atoms with Crippen molar-refractivity contribution in [2.45, 2.75) is 0 Å². The predicted octanol–water partition coefficient (Wildman–Crippen LogP) is 3.20. The molecule has 0 saturated heterocycles. The van der Waals surface area contributed by atoms with E-state index in [1.165, 1.54) is 5.56 Å². The first-order valence-electron chi connectivity index (χ1n) is 3.76. The van der Waals surface area contributed by atoms with Crippen molar-refractivity contribution in [3.8, 4) is 0 Å². The molecule has 72 valence electrons. The quantitative estimate of drug-likeness (QED) is 0.554. The van der Waals surface area contributed by atoms with Crippen molar-refractivity contribution in [1.82, 2.24) is 6.15 Å². The fourth-order valence-corrected chi connectivity index (χ4v) is 0.589. The molecule has 2 heteroatoms. The monoisotopic (exact) mass is 183 g/mol. The van der Waals surface area contributed by atoms with E-state index in [4.69, 9.17) is 0 Å². The Bertz CT molecular complexity index is 236. The molecular weight excluding hydrogens is 165 g/mol. The first-order chi connectivity index (χ1) is 5.85. The van der Waals surface area contributed by atoms with Crippen LogP contribution >= 0.6 is 0 Å². The van der Waals surface area contributed by atoms with Gasteiger partial charge in [0.2, 0.25) is 0 Å². The Kier molecular flexibility index (Phi) is 19.4. The normalized spacial score (nSPS) is 6.29. The zero-order valence-corrected chi connectivity index (χ0v) is 7.95. The summed E-state index contributed by atoms with van der Waals surface area (Å²) in [7, 11) is 0. The summed E-state index contributed by atoms with van der Waals surface area (Å²) in [5.74, 6) is 0. The van der Waals surface area contributed by atoms with Crippen LogP contribution in [0, 0.1) is 0 Å². The third-order valence-electron chi connectivity index (χ3n) is 1.20. The zero-order valence-electron chi connectivity index (χ0n) is 7.95. The Balaban J connectivity index is -0.000000180. The van der Waals surface area contributed by atoms with Crippen molar-refractivity contribution in [2.75, 3.05) is 0 Å². The van der Waals surface area contributed by atoms with Gasteiger partial charge in [-0.15, -0.1) is 0 Å². The fraction of sp³-hybridized carbons (Fsp3) is 0. The number of benzene rings is 1. The number of hydrogen-bond donors (Lipinski definition) is 1. The van der Waals surface area contributed by atoms with Gasteiger partial charge in [0.1, 0.15) is 0 Å². The number of allylic oxidation sites excluding steroid dienone is 2. The van der Waals surface area contributed by atoms with Gasteiger partial charge in [0.25, 0.3) is 0 Å². The van der Waals surface area contributed by atoms with Crippen LogP contribution in [-0.2, 0) is 0 Å². The molecule has 0 aromatic heterocycles. The summed E-state index contributed by atoms with van der Waals surface area (Å²) in [4.78, 5) is 0. The molecule has 0 aliphatic heterocycles. The molecule has 0 atom stereocenters. The van der Waals surface area contributed by atoms with E-state index in [9.17, 15) is 0 Å². The Morgan fingerprint density at radius 2 is 1.29 bits per heavy atom. The molecule has 1 aromatic carbocycles. The summed E-state index contributed by atoms with van der Waals surface area (Å²) < 4.78 is 0. The predicted molar refractivity (Wildman–Crippen MR) is 69.1 cm³/mol. The second-order valence-corrected chi connectivity index (χ2v) is 2.09. The average Bonchev–Trinajstić information content (AvgIpc) is 2.19. The molecule has 1 aromatic rings. The molecule has 0 amide bonds. The first kappa shape index (κ1) is 18.7. The van der Waals surface area contributed by atoms with Crippen LogP contribution in [0.1, 0.15) is 5.56 Å². The molecule has 1 rings (SSSR count). The van der Waals surface area contributed by atoms with Crippen molar-refractivity contribution in [3.63, 3.8) is 0 Å². The van der Waals surface area contributed by atoms with Gasteiger partial charge in [0, 0.05) is 0 Å². The maximum absolute atomic E-state index is 3.63. The van der Waals surface area contributed by atoms with Crippen LogP contribution < -0.4 is 6.15 Å². The van der Waals surface area contributed by atoms with Crippen LogP contribution in [0.3, 0.4) is 0 Å². The Morgan fingerprint density at radius 3 is 1.50 bits per heavy atom. The molecule has 3 N–H and O–H groups in total. The van der Waals surface area contributed by atoms with E-state index in [0.717, 1.165) is 0 Å². The summed E-state index contributed by atoms with van der Waals surface area (Å²) in [6.07, 6.45) is 5.11. The van der Waals surface area contributed by atoms with Crippen LogP contribution in [0.5, 0.6) is 0 Å². The van der Waals surface area contributed by atoms with E-state index in [1.807, 2.05) is 36.4 Å². The van der Waals surface area contributed by atoms with Gasteiger partial charge < -0.3 is 6.15 Å². The van der Waals surface area contributed by atoms with Gasteiger partial charge in [0.15, 0.2) is 0 Å². The van der Waals surface area contributed by atoms with Crippen LogP contribution in [0.25, 0.3) is 6.08 Å². The number of hydrogen-bond acceptors (Lipinski definition) is 1. The molecule has 0 aliphatic rings. The molecular formula is C12H18LiN. The van der Waals surface area contributed by atoms with E-state index in [2.05, 4.69) is 19.7 Å². The second-order valence-electron chi connectivity index (χ2n) is 2.09. The molecule has 0 aliphatic carbocycles. The van der Waals surface area contributed by atoms with Crippen LogP contribution in [0.2, 0.25) is 0 Å². The fourth-order valence-electron chi connectivity index (χ4n) is 0.589. The number of rotatable bonds is 2. The van der Waals surface area contributed by atoms with Crippen LogP contribution in [0.4, 0.5) is 0 Å². The van der Waals surface area contributed by atoms with Crippen LogP contribution in [-0.4, -0.2) is 18.9 Å². The molecule has 0 spiro atoms. The molecule has 14 heavy (non-hydrogen) atoms. The van der Waals surface area contributed by atoms with Gasteiger partial charge in [-0.1, -0.05) is 68.3 Å². The molecule has 0 unspecified atom stereocenters. The average molecular weight is 183 g/mol.